The van der Waals surface area contributed by atoms with Gasteiger partial charge in [-0.15, -0.1) is 11.6 Å². The number of nitrogen functional groups attached to an aromatic ring is 1. The Bertz CT molecular complexity index is 1440. The minimum Gasteiger partial charge on any atom is -0.469 e. The van der Waals surface area contributed by atoms with E-state index in [9.17, 15) is 9.59 Å². The lowest BCUT2D eigenvalue weighted by Crippen LogP contribution is -2.33. The van der Waals surface area contributed by atoms with Crippen LogP contribution in [0, 0.1) is 0 Å². The van der Waals surface area contributed by atoms with E-state index in [0.29, 0.717) is 50.6 Å². The number of rotatable bonds is 12. The number of pyridine rings is 1. The molecule has 200 valence electrons. The Balaban J connectivity index is 1.57. The molecule has 0 fully saturated rings. The van der Waals surface area contributed by atoms with Crippen molar-refractivity contribution in [1.82, 2.24) is 19.4 Å². The molecule has 0 atom stereocenters. The van der Waals surface area contributed by atoms with Gasteiger partial charge in [0.15, 0.2) is 5.82 Å². The van der Waals surface area contributed by atoms with E-state index in [4.69, 9.17) is 31.8 Å². The fourth-order valence-electron chi connectivity index (χ4n) is 4.54. The summed E-state index contributed by atoms with van der Waals surface area (Å²) in [5.74, 6) is 0.556. The van der Waals surface area contributed by atoms with Gasteiger partial charge in [-0.25, -0.2) is 9.97 Å². The number of methoxy groups -OCH3 is 1. The average Bonchev–Trinajstić information content (AvgIpc) is 3.30. The number of benzene rings is 2. The molecular weight excluding hydrogens is 506 g/mol. The van der Waals surface area contributed by atoms with E-state index in [0.717, 1.165) is 33.4 Å². The van der Waals surface area contributed by atoms with Crippen LogP contribution in [-0.4, -0.2) is 57.5 Å². The molecule has 4 aromatic rings. The number of nitrogens with two attached hydrogens (primary N) is 1. The summed E-state index contributed by atoms with van der Waals surface area (Å²) in [5.41, 5.74) is 10.4. The monoisotopic (exact) mass is 537 g/mol. The largest absolute Gasteiger partial charge is 0.469 e. The van der Waals surface area contributed by atoms with Crippen LogP contribution in [0.1, 0.15) is 30.3 Å². The van der Waals surface area contributed by atoms with Crippen LogP contribution in [0.3, 0.4) is 0 Å². The summed E-state index contributed by atoms with van der Waals surface area (Å²) in [4.78, 5) is 35.4. The predicted octanol–water partition coefficient (Wildman–Crippen LogP) is 4.08. The second-order valence-electron chi connectivity index (χ2n) is 8.90. The third kappa shape index (κ3) is 6.23. The van der Waals surface area contributed by atoms with Gasteiger partial charge in [0.2, 0.25) is 5.91 Å². The van der Waals surface area contributed by atoms with Crippen LogP contribution in [0.15, 0.2) is 48.5 Å². The first-order valence-corrected chi connectivity index (χ1v) is 13.1. The number of aryl methyl sites for hydroxylation is 1. The van der Waals surface area contributed by atoms with Crippen molar-refractivity contribution in [2.75, 3.05) is 31.9 Å². The fourth-order valence-corrected chi connectivity index (χ4v) is 4.71. The number of carbonyl (C=O) groups excluding carboxylic acids is 2. The molecule has 0 aliphatic carbocycles. The molecule has 2 N–H and O–H groups in total. The normalized spacial score (nSPS) is 11.2. The Kier molecular flexibility index (Phi) is 9.15. The summed E-state index contributed by atoms with van der Waals surface area (Å²) in [5, 5.41) is 0.961. The third-order valence-corrected chi connectivity index (χ3v) is 6.57. The first kappa shape index (κ1) is 27.3. The first-order valence-electron chi connectivity index (χ1n) is 12.5. The van der Waals surface area contributed by atoms with E-state index in [-0.39, 0.29) is 24.2 Å². The van der Waals surface area contributed by atoms with Crippen LogP contribution in [0.25, 0.3) is 21.9 Å². The molecule has 38 heavy (non-hydrogen) atoms. The van der Waals surface area contributed by atoms with Crippen molar-refractivity contribution in [3.63, 3.8) is 0 Å². The molecule has 10 heteroatoms. The number of ether oxygens (including phenoxy) is 2. The van der Waals surface area contributed by atoms with E-state index in [1.807, 2.05) is 55.5 Å². The summed E-state index contributed by atoms with van der Waals surface area (Å²) in [6.07, 6.45) is 0.835. The molecule has 1 amide bonds. The molecule has 2 aromatic heterocycles. The second-order valence-corrected chi connectivity index (χ2v) is 9.17. The van der Waals surface area contributed by atoms with E-state index in [1.54, 1.807) is 4.90 Å². The first-order chi connectivity index (χ1) is 18.4. The summed E-state index contributed by atoms with van der Waals surface area (Å²) in [6.45, 7) is 4.31. The molecule has 2 heterocycles. The number of fused-ring (bicyclic) bond motifs is 3. The topological polar surface area (TPSA) is 113 Å². The molecule has 0 aliphatic rings. The number of nitrogens with zero attached hydrogens (tertiary/aromatic N) is 4. The number of halogens is 1. The summed E-state index contributed by atoms with van der Waals surface area (Å²) < 4.78 is 12.6. The summed E-state index contributed by atoms with van der Waals surface area (Å²) >= 11 is 5.95. The maximum absolute atomic E-state index is 12.7. The summed E-state index contributed by atoms with van der Waals surface area (Å²) in [7, 11) is 1.37. The standard InChI is InChI=1S/C28H32ClN5O4/c1-3-38-18-23-32-26-27(21-10-4-5-11-22(21)31-28(26)30)34(23)13-7-12-33(24(35)16-29)17-20-9-6-8-19(14-20)15-25(36)37-2/h4-6,8-11,14H,3,7,12-13,15-18H2,1-2H3,(H2,30,31). The molecular formula is C28H32ClN5O4. The minimum atomic E-state index is -0.311. The minimum absolute atomic E-state index is 0.113. The Morgan fingerprint density at radius 1 is 1.11 bits per heavy atom. The number of para-hydroxylation sites is 1. The van der Waals surface area contributed by atoms with Gasteiger partial charge >= 0.3 is 5.97 Å². The number of imidazole rings is 1. The molecule has 0 saturated carbocycles. The van der Waals surface area contributed by atoms with Crippen LogP contribution in [-0.2, 0) is 45.2 Å². The zero-order valence-corrected chi connectivity index (χ0v) is 22.4. The number of aromatic nitrogens is 3. The fraction of sp³-hybridized carbons (Fsp3) is 0.357. The number of carbonyl (C=O) groups is 2. The highest BCUT2D eigenvalue weighted by atomic mass is 35.5. The van der Waals surface area contributed by atoms with Crippen molar-refractivity contribution in [2.24, 2.45) is 0 Å². The van der Waals surface area contributed by atoms with Crippen LogP contribution in [0.5, 0.6) is 0 Å². The third-order valence-electron chi connectivity index (χ3n) is 6.34. The van der Waals surface area contributed by atoms with E-state index in [2.05, 4.69) is 9.55 Å². The van der Waals surface area contributed by atoms with E-state index >= 15 is 0 Å². The molecule has 4 rings (SSSR count). The number of hydrogen-bond acceptors (Lipinski definition) is 7. The van der Waals surface area contributed by atoms with Crippen molar-refractivity contribution < 1.29 is 19.1 Å². The SMILES string of the molecule is CCOCc1nc2c(N)nc3ccccc3c2n1CCCN(Cc1cccc(CC(=O)OC)c1)C(=O)CCl. The average molecular weight is 538 g/mol. The second kappa shape index (κ2) is 12.7. The van der Waals surface area contributed by atoms with Crippen LogP contribution < -0.4 is 5.73 Å². The zero-order chi connectivity index (χ0) is 27.1. The van der Waals surface area contributed by atoms with Crippen molar-refractivity contribution in [1.29, 1.82) is 0 Å². The Morgan fingerprint density at radius 2 is 1.89 bits per heavy atom. The number of amides is 1. The highest BCUT2D eigenvalue weighted by molar-refractivity contribution is 6.27. The lowest BCUT2D eigenvalue weighted by Gasteiger charge is -2.23. The molecule has 0 aliphatic heterocycles. The smallest absolute Gasteiger partial charge is 0.309 e. The van der Waals surface area contributed by atoms with Gasteiger partial charge in [0.1, 0.15) is 23.8 Å². The van der Waals surface area contributed by atoms with Crippen molar-refractivity contribution in [3.05, 3.63) is 65.5 Å². The Morgan fingerprint density at radius 3 is 2.66 bits per heavy atom. The van der Waals surface area contributed by atoms with Gasteiger partial charge in [-0.2, -0.15) is 0 Å². The Labute approximate surface area is 226 Å². The predicted molar refractivity (Wildman–Crippen MR) is 148 cm³/mol. The van der Waals surface area contributed by atoms with Gasteiger partial charge in [0.25, 0.3) is 0 Å². The molecule has 0 bridgehead atoms. The maximum Gasteiger partial charge on any atom is 0.309 e. The van der Waals surface area contributed by atoms with E-state index in [1.165, 1.54) is 7.11 Å². The van der Waals surface area contributed by atoms with Gasteiger partial charge in [-0.05, 0) is 30.5 Å². The molecule has 0 saturated heterocycles. The maximum atomic E-state index is 12.7. The van der Waals surface area contributed by atoms with Gasteiger partial charge in [0.05, 0.1) is 24.6 Å². The van der Waals surface area contributed by atoms with Gasteiger partial charge in [0, 0.05) is 31.6 Å². The number of alkyl halides is 1. The highest BCUT2D eigenvalue weighted by Crippen LogP contribution is 2.29. The Hall–Kier alpha value is -3.69. The van der Waals surface area contributed by atoms with Crippen molar-refractivity contribution >= 4 is 51.2 Å². The lowest BCUT2D eigenvalue weighted by molar-refractivity contribution is -0.139. The van der Waals surface area contributed by atoms with Crippen molar-refractivity contribution in [2.45, 2.75) is 39.5 Å². The summed E-state index contributed by atoms with van der Waals surface area (Å²) in [6, 6.07) is 15.4. The highest BCUT2D eigenvalue weighted by Gasteiger charge is 2.19. The van der Waals surface area contributed by atoms with Gasteiger partial charge in [-0.1, -0.05) is 42.5 Å². The molecule has 9 nitrogen and oxygen atoms in total. The zero-order valence-electron chi connectivity index (χ0n) is 21.7. The quantitative estimate of drug-likeness (QED) is 0.214. The van der Waals surface area contributed by atoms with Crippen molar-refractivity contribution in [3.8, 4) is 0 Å². The lowest BCUT2D eigenvalue weighted by atomic mass is 10.1. The number of esters is 1. The number of anilines is 1. The molecule has 0 unspecified atom stereocenters. The number of hydrogen-bond donors (Lipinski definition) is 1. The molecule has 0 radical (unpaired) electrons. The van der Waals surface area contributed by atoms with Gasteiger partial charge < -0.3 is 24.7 Å². The van der Waals surface area contributed by atoms with Gasteiger partial charge in [-0.3, -0.25) is 9.59 Å². The van der Waals surface area contributed by atoms with E-state index < -0.39 is 0 Å². The molecule has 2 aromatic carbocycles. The van der Waals surface area contributed by atoms with Crippen LogP contribution >= 0.6 is 11.6 Å². The van der Waals surface area contributed by atoms with Crippen LogP contribution in [0.4, 0.5) is 5.82 Å². The van der Waals surface area contributed by atoms with Crippen LogP contribution in [0.2, 0.25) is 0 Å². The molecule has 0 spiro atoms.